The predicted octanol–water partition coefficient (Wildman–Crippen LogP) is 1.16. The van der Waals surface area contributed by atoms with Gasteiger partial charge < -0.3 is 11.1 Å². The van der Waals surface area contributed by atoms with Crippen LogP contribution in [0.3, 0.4) is 0 Å². The summed E-state index contributed by atoms with van der Waals surface area (Å²) in [7, 11) is 0. The number of hydrogen-bond acceptors (Lipinski definition) is 4. The normalized spacial score (nSPS) is 17.3. The average molecular weight is 279 g/mol. The molecule has 1 atom stereocenters. The van der Waals surface area contributed by atoms with E-state index in [-0.39, 0.29) is 5.91 Å². The van der Waals surface area contributed by atoms with Crippen molar-refractivity contribution in [1.82, 2.24) is 20.4 Å². The number of nitrogens with zero attached hydrogens (tertiary/aromatic N) is 2. The Morgan fingerprint density at radius 1 is 1.50 bits per heavy atom. The van der Waals surface area contributed by atoms with Gasteiger partial charge in [0.15, 0.2) is 5.69 Å². The van der Waals surface area contributed by atoms with Crippen molar-refractivity contribution in [2.75, 3.05) is 25.4 Å². The van der Waals surface area contributed by atoms with Crippen molar-refractivity contribution >= 4 is 11.6 Å². The topological polar surface area (TPSA) is 87.0 Å². The molecule has 112 valence electrons. The van der Waals surface area contributed by atoms with Crippen LogP contribution >= 0.6 is 0 Å². The Morgan fingerprint density at radius 2 is 2.20 bits per heavy atom. The van der Waals surface area contributed by atoms with E-state index >= 15 is 0 Å². The molecule has 0 spiro atoms. The fourth-order valence-corrected chi connectivity index (χ4v) is 2.64. The lowest BCUT2D eigenvalue weighted by atomic mass is 10.2. The molecule has 1 aromatic heterocycles. The quantitative estimate of drug-likeness (QED) is 0.729. The summed E-state index contributed by atoms with van der Waals surface area (Å²) in [5, 5.41) is 9.82. The highest BCUT2D eigenvalue weighted by Gasteiger charge is 2.21. The summed E-state index contributed by atoms with van der Waals surface area (Å²) in [6.07, 6.45) is 4.30. The van der Waals surface area contributed by atoms with E-state index in [2.05, 4.69) is 34.3 Å². The highest BCUT2D eigenvalue weighted by molar-refractivity contribution is 5.97. The van der Waals surface area contributed by atoms with Crippen LogP contribution < -0.4 is 11.1 Å². The van der Waals surface area contributed by atoms with Crippen LogP contribution in [0.4, 0.5) is 5.69 Å². The van der Waals surface area contributed by atoms with Gasteiger partial charge in [0.1, 0.15) is 0 Å². The first-order valence-corrected chi connectivity index (χ1v) is 7.48. The lowest BCUT2D eigenvalue weighted by Gasteiger charge is -2.23. The van der Waals surface area contributed by atoms with E-state index in [1.54, 1.807) is 0 Å². The molecule has 1 amide bonds. The number of nitrogen functional groups attached to an aromatic ring is 1. The second kappa shape index (κ2) is 6.74. The van der Waals surface area contributed by atoms with E-state index in [0.29, 0.717) is 24.0 Å². The van der Waals surface area contributed by atoms with Crippen LogP contribution in [0.2, 0.25) is 0 Å². The van der Waals surface area contributed by atoms with Crippen LogP contribution in [0.15, 0.2) is 0 Å². The Labute approximate surface area is 120 Å². The molecule has 1 unspecified atom stereocenters. The summed E-state index contributed by atoms with van der Waals surface area (Å²) in [5.41, 5.74) is 7.61. The molecule has 1 aliphatic rings. The second-order valence-electron chi connectivity index (χ2n) is 5.52. The second-order valence-corrected chi connectivity index (χ2v) is 5.52. The van der Waals surface area contributed by atoms with Crippen LogP contribution in [0.1, 0.15) is 49.3 Å². The number of nitrogens with one attached hydrogen (secondary N) is 2. The van der Waals surface area contributed by atoms with Gasteiger partial charge in [-0.15, -0.1) is 0 Å². The van der Waals surface area contributed by atoms with E-state index in [0.717, 1.165) is 31.6 Å². The van der Waals surface area contributed by atoms with Crippen molar-refractivity contribution in [3.8, 4) is 0 Å². The number of aromatic amines is 1. The number of aryl methyl sites for hydroxylation is 1. The molecular weight excluding hydrogens is 254 g/mol. The monoisotopic (exact) mass is 279 g/mol. The van der Waals surface area contributed by atoms with Gasteiger partial charge in [0.2, 0.25) is 0 Å². The minimum Gasteiger partial charge on any atom is -0.395 e. The van der Waals surface area contributed by atoms with E-state index in [1.165, 1.54) is 12.8 Å². The molecule has 6 nitrogen and oxygen atoms in total. The van der Waals surface area contributed by atoms with Gasteiger partial charge in [0.05, 0.1) is 11.4 Å². The zero-order valence-electron chi connectivity index (χ0n) is 12.4. The maximum absolute atomic E-state index is 12.1. The standard InChI is InChI=1S/C14H25N5O/c1-3-6-11-12(15)13(18-17-11)14(20)16-9-10(2)19-7-4-5-8-19/h10H,3-9,15H2,1-2H3,(H,16,20)(H,17,18). The van der Waals surface area contributed by atoms with Crippen LogP contribution in [0, 0.1) is 0 Å². The Morgan fingerprint density at radius 3 is 2.85 bits per heavy atom. The Balaban J connectivity index is 1.88. The van der Waals surface area contributed by atoms with Gasteiger partial charge in [0, 0.05) is 12.6 Å². The molecule has 1 fully saturated rings. The van der Waals surface area contributed by atoms with Crippen molar-refractivity contribution in [1.29, 1.82) is 0 Å². The number of carbonyl (C=O) groups is 1. The molecule has 0 aromatic carbocycles. The third-order valence-corrected chi connectivity index (χ3v) is 3.92. The van der Waals surface area contributed by atoms with Crippen LogP contribution in [0.25, 0.3) is 0 Å². The van der Waals surface area contributed by atoms with E-state index in [4.69, 9.17) is 5.73 Å². The minimum absolute atomic E-state index is 0.188. The summed E-state index contributed by atoms with van der Waals surface area (Å²) in [5.74, 6) is -0.188. The summed E-state index contributed by atoms with van der Waals surface area (Å²) >= 11 is 0. The van der Waals surface area contributed by atoms with E-state index < -0.39 is 0 Å². The van der Waals surface area contributed by atoms with Gasteiger partial charge in [-0.25, -0.2) is 0 Å². The molecule has 4 N–H and O–H groups in total. The maximum atomic E-state index is 12.1. The molecule has 0 aliphatic carbocycles. The number of likely N-dealkylation sites (tertiary alicyclic amines) is 1. The third kappa shape index (κ3) is 3.30. The SMILES string of the molecule is CCCc1[nH]nc(C(=O)NCC(C)N2CCCC2)c1N. The number of rotatable bonds is 6. The van der Waals surface area contributed by atoms with Gasteiger partial charge in [-0.2, -0.15) is 5.10 Å². The lowest BCUT2D eigenvalue weighted by Crippen LogP contribution is -2.40. The van der Waals surface area contributed by atoms with E-state index in [9.17, 15) is 4.79 Å². The number of amides is 1. The summed E-state index contributed by atoms with van der Waals surface area (Å²) < 4.78 is 0. The number of anilines is 1. The number of nitrogens with two attached hydrogens (primary N) is 1. The van der Waals surface area contributed by atoms with Gasteiger partial charge in [0.25, 0.3) is 5.91 Å². The molecule has 6 heteroatoms. The first kappa shape index (κ1) is 14.8. The summed E-state index contributed by atoms with van der Waals surface area (Å²) in [6, 6.07) is 0.358. The van der Waals surface area contributed by atoms with Gasteiger partial charge >= 0.3 is 0 Å². The smallest absolute Gasteiger partial charge is 0.273 e. The van der Waals surface area contributed by atoms with Gasteiger partial charge in [-0.05, 0) is 39.3 Å². The highest BCUT2D eigenvalue weighted by Crippen LogP contribution is 2.15. The maximum Gasteiger partial charge on any atom is 0.273 e. The number of H-pyrrole nitrogens is 1. The molecule has 2 rings (SSSR count). The van der Waals surface area contributed by atoms with Gasteiger partial charge in [-0.1, -0.05) is 13.3 Å². The minimum atomic E-state index is -0.188. The van der Waals surface area contributed by atoms with Crippen molar-refractivity contribution in [3.05, 3.63) is 11.4 Å². The molecule has 20 heavy (non-hydrogen) atoms. The fourth-order valence-electron chi connectivity index (χ4n) is 2.64. The molecule has 1 saturated heterocycles. The molecular formula is C14H25N5O. The highest BCUT2D eigenvalue weighted by atomic mass is 16.2. The molecule has 0 radical (unpaired) electrons. The van der Waals surface area contributed by atoms with E-state index in [1.807, 2.05) is 0 Å². The zero-order valence-corrected chi connectivity index (χ0v) is 12.4. The Hall–Kier alpha value is -1.56. The van der Waals surface area contributed by atoms with Crippen molar-refractivity contribution in [3.63, 3.8) is 0 Å². The Kier molecular flexibility index (Phi) is 5.00. The van der Waals surface area contributed by atoms with Crippen LogP contribution in [0.5, 0.6) is 0 Å². The zero-order chi connectivity index (χ0) is 14.5. The average Bonchev–Trinajstić information content (AvgIpc) is 3.07. The predicted molar refractivity (Wildman–Crippen MR) is 79.6 cm³/mol. The Bertz CT molecular complexity index is 450. The molecule has 0 bridgehead atoms. The first-order valence-electron chi connectivity index (χ1n) is 7.48. The lowest BCUT2D eigenvalue weighted by molar-refractivity contribution is 0.0936. The third-order valence-electron chi connectivity index (χ3n) is 3.92. The van der Waals surface area contributed by atoms with Crippen molar-refractivity contribution in [2.45, 2.75) is 45.6 Å². The molecule has 0 saturated carbocycles. The van der Waals surface area contributed by atoms with Gasteiger partial charge in [-0.3, -0.25) is 14.8 Å². The fraction of sp³-hybridized carbons (Fsp3) is 0.714. The first-order chi connectivity index (χ1) is 9.63. The number of aromatic nitrogens is 2. The molecule has 1 aliphatic heterocycles. The van der Waals surface area contributed by atoms with Crippen LogP contribution in [-0.2, 0) is 6.42 Å². The van der Waals surface area contributed by atoms with Crippen molar-refractivity contribution < 1.29 is 4.79 Å². The molecule has 1 aromatic rings. The van der Waals surface area contributed by atoms with Crippen LogP contribution in [-0.4, -0.2) is 46.7 Å². The molecule has 2 heterocycles. The summed E-state index contributed by atoms with van der Waals surface area (Å²) in [4.78, 5) is 14.5. The summed E-state index contributed by atoms with van der Waals surface area (Å²) in [6.45, 7) is 7.10. The largest absolute Gasteiger partial charge is 0.395 e. The number of hydrogen-bond donors (Lipinski definition) is 3. The van der Waals surface area contributed by atoms with Crippen molar-refractivity contribution in [2.24, 2.45) is 0 Å². The number of carbonyl (C=O) groups excluding carboxylic acids is 1.